The van der Waals surface area contributed by atoms with Gasteiger partial charge in [0, 0.05) is 54.6 Å². The van der Waals surface area contributed by atoms with Crippen LogP contribution in [0.5, 0.6) is 0 Å². The number of rotatable bonds is 3. The van der Waals surface area contributed by atoms with E-state index < -0.39 is 0 Å². The van der Waals surface area contributed by atoms with E-state index in [1.54, 1.807) is 0 Å². The van der Waals surface area contributed by atoms with E-state index in [2.05, 4.69) is 48.7 Å². The van der Waals surface area contributed by atoms with Crippen molar-refractivity contribution in [2.45, 2.75) is 58.4 Å². The molecule has 3 aliphatic rings. The standard InChI is InChI=1S/C30H29NO3/c1-30(2)16-24(33)29-26(17-30)34-25-14-8-13-23(32)28(25)27(29)22-15-20-11-6-7-12-21(20)31(22)18-19-9-4-3-5-10-19/h3-7,9-12,15,27H,8,13-14,16-18H2,1-2H3. The number of fused-ring (bicyclic) bond motifs is 1. The van der Waals surface area contributed by atoms with Crippen LogP contribution in [-0.2, 0) is 20.9 Å². The second kappa shape index (κ2) is 7.83. The minimum atomic E-state index is -0.369. The number of ketones is 2. The van der Waals surface area contributed by atoms with Gasteiger partial charge in [-0.25, -0.2) is 0 Å². The van der Waals surface area contributed by atoms with Gasteiger partial charge in [0.2, 0.25) is 0 Å². The molecule has 0 radical (unpaired) electrons. The monoisotopic (exact) mass is 451 g/mol. The van der Waals surface area contributed by atoms with Gasteiger partial charge in [0.25, 0.3) is 0 Å². The van der Waals surface area contributed by atoms with E-state index in [0.717, 1.165) is 41.0 Å². The zero-order chi connectivity index (χ0) is 23.4. The summed E-state index contributed by atoms with van der Waals surface area (Å²) in [6.45, 7) is 4.92. The molecule has 3 aromatic rings. The fraction of sp³-hybridized carbons (Fsp3) is 0.333. The van der Waals surface area contributed by atoms with Gasteiger partial charge in [0.15, 0.2) is 11.6 Å². The predicted octanol–water partition coefficient (Wildman–Crippen LogP) is 6.45. The van der Waals surface area contributed by atoms with Crippen LogP contribution in [0.15, 0.2) is 83.3 Å². The summed E-state index contributed by atoms with van der Waals surface area (Å²) >= 11 is 0. The van der Waals surface area contributed by atoms with E-state index >= 15 is 0 Å². The smallest absolute Gasteiger partial charge is 0.163 e. The zero-order valence-electron chi connectivity index (χ0n) is 19.8. The third-order valence-corrected chi connectivity index (χ3v) is 7.43. The molecular formula is C30H29NO3. The number of carbonyl (C=O) groups is 2. The second-order valence-corrected chi connectivity index (χ2v) is 10.6. The summed E-state index contributed by atoms with van der Waals surface area (Å²) in [5.41, 5.74) is 4.57. The molecule has 34 heavy (non-hydrogen) atoms. The lowest BCUT2D eigenvalue weighted by atomic mass is 9.69. The molecular weight excluding hydrogens is 422 g/mol. The Bertz CT molecular complexity index is 1390. The van der Waals surface area contributed by atoms with Crippen LogP contribution >= 0.6 is 0 Å². The van der Waals surface area contributed by atoms with Crippen LogP contribution in [0.1, 0.15) is 63.1 Å². The number of para-hydroxylation sites is 1. The second-order valence-electron chi connectivity index (χ2n) is 10.6. The van der Waals surface area contributed by atoms with Crippen molar-refractivity contribution in [2.75, 3.05) is 0 Å². The fourth-order valence-corrected chi connectivity index (χ4v) is 5.96. The Labute approximate surface area is 199 Å². The number of hydrogen-bond donors (Lipinski definition) is 0. The van der Waals surface area contributed by atoms with Crippen LogP contribution in [0.2, 0.25) is 0 Å². The number of benzene rings is 2. The highest BCUT2D eigenvalue weighted by Gasteiger charge is 2.46. The quantitative estimate of drug-likeness (QED) is 0.459. The molecule has 2 heterocycles. The molecule has 172 valence electrons. The first-order valence-electron chi connectivity index (χ1n) is 12.2. The van der Waals surface area contributed by atoms with E-state index in [-0.39, 0.29) is 22.9 Å². The molecule has 0 fully saturated rings. The Kier molecular flexibility index (Phi) is 4.87. The van der Waals surface area contributed by atoms with Crippen LogP contribution in [-0.4, -0.2) is 16.1 Å². The zero-order valence-corrected chi connectivity index (χ0v) is 19.8. The summed E-state index contributed by atoms with van der Waals surface area (Å²) < 4.78 is 8.66. The molecule has 1 unspecified atom stereocenters. The van der Waals surface area contributed by atoms with E-state index in [1.165, 1.54) is 5.56 Å². The third kappa shape index (κ3) is 3.44. The molecule has 0 bridgehead atoms. The van der Waals surface area contributed by atoms with Gasteiger partial charge in [-0.15, -0.1) is 0 Å². The fourth-order valence-electron chi connectivity index (χ4n) is 5.96. The minimum Gasteiger partial charge on any atom is -0.465 e. The molecule has 1 aromatic heterocycles. The van der Waals surface area contributed by atoms with E-state index in [1.807, 2.05) is 30.3 Å². The highest BCUT2D eigenvalue weighted by Crippen LogP contribution is 2.51. The van der Waals surface area contributed by atoms with Gasteiger partial charge in [0.05, 0.1) is 5.92 Å². The van der Waals surface area contributed by atoms with Gasteiger partial charge in [0.1, 0.15) is 11.5 Å². The average Bonchev–Trinajstić information content (AvgIpc) is 3.16. The van der Waals surface area contributed by atoms with Crippen LogP contribution in [0.4, 0.5) is 0 Å². The number of hydrogen-bond acceptors (Lipinski definition) is 3. The van der Waals surface area contributed by atoms with Gasteiger partial charge >= 0.3 is 0 Å². The Morgan fingerprint density at radius 1 is 0.882 bits per heavy atom. The lowest BCUT2D eigenvalue weighted by molar-refractivity contribution is -0.119. The highest BCUT2D eigenvalue weighted by molar-refractivity contribution is 6.06. The third-order valence-electron chi connectivity index (χ3n) is 7.43. The SMILES string of the molecule is CC1(C)CC(=O)C2=C(C1)OC1=C(C(=O)CCC1)C2c1cc2ccccc2n1Cc1ccccc1. The predicted molar refractivity (Wildman–Crippen MR) is 132 cm³/mol. The van der Waals surface area contributed by atoms with Crippen LogP contribution in [0, 0.1) is 5.41 Å². The molecule has 2 aliphatic carbocycles. The molecule has 4 nitrogen and oxygen atoms in total. The lowest BCUT2D eigenvalue weighted by Gasteiger charge is -2.40. The molecule has 1 aliphatic heterocycles. The van der Waals surface area contributed by atoms with Crippen LogP contribution in [0.25, 0.3) is 10.9 Å². The number of carbonyl (C=O) groups excluding carboxylic acids is 2. The molecule has 4 heteroatoms. The van der Waals surface area contributed by atoms with E-state index in [9.17, 15) is 9.59 Å². The van der Waals surface area contributed by atoms with E-state index in [0.29, 0.717) is 37.0 Å². The van der Waals surface area contributed by atoms with Crippen molar-refractivity contribution in [1.29, 1.82) is 0 Å². The summed E-state index contributed by atoms with van der Waals surface area (Å²) in [7, 11) is 0. The maximum absolute atomic E-state index is 13.6. The Hall–Kier alpha value is -3.40. The van der Waals surface area contributed by atoms with Crippen molar-refractivity contribution in [3.63, 3.8) is 0 Å². The maximum atomic E-state index is 13.6. The van der Waals surface area contributed by atoms with Gasteiger partial charge < -0.3 is 9.30 Å². The first-order chi connectivity index (χ1) is 16.4. The van der Waals surface area contributed by atoms with Gasteiger partial charge in [-0.2, -0.15) is 0 Å². The van der Waals surface area contributed by atoms with Crippen molar-refractivity contribution in [2.24, 2.45) is 5.41 Å². The molecule has 0 saturated carbocycles. The summed E-state index contributed by atoms with van der Waals surface area (Å²) in [5, 5.41) is 1.12. The lowest BCUT2D eigenvalue weighted by Crippen LogP contribution is -2.35. The molecule has 2 aromatic carbocycles. The summed E-state index contributed by atoms with van der Waals surface area (Å²) in [5.74, 6) is 1.41. The van der Waals surface area contributed by atoms with Crippen LogP contribution < -0.4 is 0 Å². The normalized spacial score (nSPS) is 22.0. The Morgan fingerprint density at radius 2 is 1.62 bits per heavy atom. The molecule has 0 saturated heterocycles. The largest absolute Gasteiger partial charge is 0.465 e. The Morgan fingerprint density at radius 3 is 2.44 bits per heavy atom. The summed E-state index contributed by atoms with van der Waals surface area (Å²) in [6, 6.07) is 20.9. The number of Topliss-reactive ketones (excluding diaryl/α,β-unsaturated/α-hetero) is 2. The number of allylic oxidation sites excluding steroid dienone is 4. The molecule has 0 spiro atoms. The van der Waals surface area contributed by atoms with Crippen molar-refractivity contribution >= 4 is 22.5 Å². The van der Waals surface area contributed by atoms with E-state index in [4.69, 9.17) is 4.74 Å². The Balaban J connectivity index is 1.60. The van der Waals surface area contributed by atoms with Crippen molar-refractivity contribution in [1.82, 2.24) is 4.57 Å². The number of nitrogens with zero attached hydrogens (tertiary/aromatic N) is 1. The van der Waals surface area contributed by atoms with Gasteiger partial charge in [-0.05, 0) is 34.9 Å². The average molecular weight is 452 g/mol. The summed E-state index contributed by atoms with van der Waals surface area (Å²) in [6.07, 6.45) is 3.26. The highest BCUT2D eigenvalue weighted by atomic mass is 16.5. The first kappa shape index (κ1) is 21.2. The maximum Gasteiger partial charge on any atom is 0.163 e. The molecule has 1 atom stereocenters. The number of aromatic nitrogens is 1. The van der Waals surface area contributed by atoms with Crippen molar-refractivity contribution in [3.8, 4) is 0 Å². The first-order valence-corrected chi connectivity index (χ1v) is 12.2. The minimum absolute atomic E-state index is 0.109. The van der Waals surface area contributed by atoms with Gasteiger partial charge in [-0.3, -0.25) is 9.59 Å². The van der Waals surface area contributed by atoms with Gasteiger partial charge in [-0.1, -0.05) is 62.4 Å². The molecule has 6 rings (SSSR count). The van der Waals surface area contributed by atoms with Crippen LogP contribution in [0.3, 0.4) is 0 Å². The molecule has 0 N–H and O–H groups in total. The molecule has 0 amide bonds. The number of ether oxygens (including phenoxy) is 1. The topological polar surface area (TPSA) is 48.3 Å². The summed E-state index contributed by atoms with van der Waals surface area (Å²) in [4.78, 5) is 26.9. The van der Waals surface area contributed by atoms with Crippen molar-refractivity contribution < 1.29 is 14.3 Å². The van der Waals surface area contributed by atoms with Crippen molar-refractivity contribution in [3.05, 3.63) is 94.6 Å².